The largest absolute Gasteiger partial charge is 0.469 e. The summed E-state index contributed by atoms with van der Waals surface area (Å²) in [7, 11) is 0. The highest BCUT2D eigenvalue weighted by atomic mass is 16.6. The average molecular weight is 354 g/mol. The first-order valence-electron chi connectivity index (χ1n) is 8.18. The second-order valence-electron chi connectivity index (χ2n) is 6.16. The summed E-state index contributed by atoms with van der Waals surface area (Å²) in [6, 6.07) is 18.5. The van der Waals surface area contributed by atoms with E-state index in [1.807, 2.05) is 60.7 Å². The van der Waals surface area contributed by atoms with E-state index in [-0.39, 0.29) is 19.0 Å². The predicted molar refractivity (Wildman–Crippen MR) is 96.8 cm³/mol. The lowest BCUT2D eigenvalue weighted by Gasteiger charge is -2.24. The highest BCUT2D eigenvalue weighted by molar-refractivity contribution is 5.87. The molecule has 0 unspecified atom stereocenters. The number of esters is 2. The normalized spacial score (nSPS) is 10.7. The molecule has 0 spiro atoms. The molecular formula is C21H22O5. The molecular weight excluding hydrogens is 332 g/mol. The van der Waals surface area contributed by atoms with Crippen LogP contribution in [-0.4, -0.2) is 17.5 Å². The van der Waals surface area contributed by atoms with Crippen molar-refractivity contribution in [2.24, 2.45) is 0 Å². The molecule has 0 N–H and O–H groups in total. The fraction of sp³-hybridized carbons (Fsp3) is 0.238. The van der Waals surface area contributed by atoms with Gasteiger partial charge in [-0.05, 0) is 31.6 Å². The van der Waals surface area contributed by atoms with Crippen LogP contribution in [0.25, 0.3) is 0 Å². The summed E-state index contributed by atoms with van der Waals surface area (Å²) in [5, 5.41) is 0. The molecule has 0 aliphatic heterocycles. The highest BCUT2D eigenvalue weighted by Crippen LogP contribution is 2.18. The molecule has 2 aromatic rings. The Labute approximate surface area is 153 Å². The molecule has 26 heavy (non-hydrogen) atoms. The Morgan fingerprint density at radius 2 is 1.31 bits per heavy atom. The molecule has 5 heteroatoms. The molecule has 0 fully saturated rings. The summed E-state index contributed by atoms with van der Waals surface area (Å²) < 4.78 is 15.8. The SMILES string of the molecule is C=C(OC(C)(C)C(=O)OCc1ccccc1)C(=O)OCc1ccccc1. The Morgan fingerprint density at radius 1 is 0.846 bits per heavy atom. The maximum absolute atomic E-state index is 12.2. The van der Waals surface area contributed by atoms with E-state index in [1.165, 1.54) is 13.8 Å². The summed E-state index contributed by atoms with van der Waals surface area (Å²) in [4.78, 5) is 24.2. The first kappa shape index (κ1) is 19.2. The molecule has 0 saturated heterocycles. The van der Waals surface area contributed by atoms with Crippen molar-refractivity contribution in [2.75, 3.05) is 0 Å². The van der Waals surface area contributed by atoms with Crippen LogP contribution in [0.2, 0.25) is 0 Å². The predicted octanol–water partition coefficient (Wildman–Crippen LogP) is 3.78. The zero-order valence-corrected chi connectivity index (χ0v) is 14.9. The van der Waals surface area contributed by atoms with Crippen LogP contribution in [0.15, 0.2) is 73.0 Å². The lowest BCUT2D eigenvalue weighted by Crippen LogP contribution is -2.37. The molecule has 0 saturated carbocycles. The van der Waals surface area contributed by atoms with Crippen LogP contribution in [0.1, 0.15) is 25.0 Å². The Kier molecular flexibility index (Phi) is 6.55. The third-order valence-corrected chi connectivity index (χ3v) is 3.52. The van der Waals surface area contributed by atoms with Gasteiger partial charge < -0.3 is 14.2 Å². The number of rotatable bonds is 8. The minimum absolute atomic E-state index is 0.0982. The van der Waals surface area contributed by atoms with Crippen LogP contribution in [0.4, 0.5) is 0 Å². The van der Waals surface area contributed by atoms with E-state index in [2.05, 4.69) is 6.58 Å². The van der Waals surface area contributed by atoms with Crippen LogP contribution in [0.5, 0.6) is 0 Å². The van der Waals surface area contributed by atoms with E-state index in [4.69, 9.17) is 14.2 Å². The van der Waals surface area contributed by atoms with Crippen LogP contribution in [0.3, 0.4) is 0 Å². The third kappa shape index (κ3) is 5.77. The van der Waals surface area contributed by atoms with Crippen molar-refractivity contribution in [3.63, 3.8) is 0 Å². The van der Waals surface area contributed by atoms with Gasteiger partial charge in [-0.25, -0.2) is 9.59 Å². The fourth-order valence-electron chi connectivity index (χ4n) is 2.09. The molecule has 0 amide bonds. The summed E-state index contributed by atoms with van der Waals surface area (Å²) in [6.45, 7) is 6.79. The van der Waals surface area contributed by atoms with Gasteiger partial charge in [-0.2, -0.15) is 0 Å². The Hall–Kier alpha value is -3.08. The summed E-state index contributed by atoms with van der Waals surface area (Å²) >= 11 is 0. The maximum atomic E-state index is 12.2. The first-order chi connectivity index (χ1) is 12.4. The minimum atomic E-state index is -1.36. The van der Waals surface area contributed by atoms with Crippen LogP contribution < -0.4 is 0 Å². The molecule has 2 rings (SSSR count). The Balaban J connectivity index is 1.83. The van der Waals surface area contributed by atoms with Gasteiger partial charge in [-0.15, -0.1) is 0 Å². The zero-order valence-electron chi connectivity index (χ0n) is 14.9. The molecule has 0 heterocycles. The molecule has 0 aliphatic carbocycles. The minimum Gasteiger partial charge on any atom is -0.469 e. The van der Waals surface area contributed by atoms with E-state index in [0.717, 1.165) is 11.1 Å². The smallest absolute Gasteiger partial charge is 0.373 e. The van der Waals surface area contributed by atoms with Gasteiger partial charge in [0.15, 0.2) is 5.76 Å². The number of ether oxygens (including phenoxy) is 3. The summed E-state index contributed by atoms with van der Waals surface area (Å²) in [5.74, 6) is -1.57. The van der Waals surface area contributed by atoms with Gasteiger partial charge in [0.1, 0.15) is 13.2 Å². The van der Waals surface area contributed by atoms with E-state index >= 15 is 0 Å². The van der Waals surface area contributed by atoms with Crippen LogP contribution in [0, 0.1) is 0 Å². The van der Waals surface area contributed by atoms with Crippen LogP contribution in [-0.2, 0) is 37.0 Å². The van der Waals surface area contributed by atoms with Crippen molar-refractivity contribution in [1.82, 2.24) is 0 Å². The number of benzene rings is 2. The molecule has 2 aromatic carbocycles. The Bertz CT molecular complexity index is 750. The van der Waals surface area contributed by atoms with Crippen LogP contribution >= 0.6 is 0 Å². The lowest BCUT2D eigenvalue weighted by molar-refractivity contribution is -0.168. The van der Waals surface area contributed by atoms with Gasteiger partial charge >= 0.3 is 11.9 Å². The van der Waals surface area contributed by atoms with Gasteiger partial charge in [-0.3, -0.25) is 0 Å². The molecule has 0 bridgehead atoms. The van der Waals surface area contributed by atoms with Crippen molar-refractivity contribution >= 4 is 11.9 Å². The summed E-state index contributed by atoms with van der Waals surface area (Å²) in [5.41, 5.74) is 0.338. The fourth-order valence-corrected chi connectivity index (χ4v) is 2.09. The number of hydrogen-bond acceptors (Lipinski definition) is 5. The molecule has 0 aliphatic rings. The molecule has 0 aromatic heterocycles. The zero-order chi connectivity index (χ0) is 19.0. The highest BCUT2D eigenvalue weighted by Gasteiger charge is 2.34. The molecule has 0 radical (unpaired) electrons. The van der Waals surface area contributed by atoms with Gasteiger partial charge in [-0.1, -0.05) is 60.7 Å². The molecule has 0 atom stereocenters. The van der Waals surface area contributed by atoms with Crippen molar-refractivity contribution in [1.29, 1.82) is 0 Å². The van der Waals surface area contributed by atoms with Gasteiger partial charge in [0.25, 0.3) is 0 Å². The second kappa shape index (κ2) is 8.85. The monoisotopic (exact) mass is 354 g/mol. The Morgan fingerprint density at radius 3 is 1.81 bits per heavy atom. The van der Waals surface area contributed by atoms with Crippen molar-refractivity contribution < 1.29 is 23.8 Å². The van der Waals surface area contributed by atoms with E-state index in [1.54, 1.807) is 0 Å². The lowest BCUT2D eigenvalue weighted by atomic mass is 10.1. The number of carbonyl (C=O) groups is 2. The third-order valence-electron chi connectivity index (χ3n) is 3.52. The average Bonchev–Trinajstić information content (AvgIpc) is 2.65. The maximum Gasteiger partial charge on any atom is 0.373 e. The molecule has 5 nitrogen and oxygen atoms in total. The van der Waals surface area contributed by atoms with Gasteiger partial charge in [0.2, 0.25) is 5.60 Å². The standard InChI is InChI=1S/C21H22O5/c1-16(19(22)24-14-17-10-6-4-7-11-17)26-21(2,3)20(23)25-15-18-12-8-5-9-13-18/h4-13H,1,14-15H2,2-3H3. The topological polar surface area (TPSA) is 61.8 Å². The van der Waals surface area contributed by atoms with E-state index in [0.29, 0.717) is 0 Å². The van der Waals surface area contributed by atoms with Crippen molar-refractivity contribution in [3.05, 3.63) is 84.1 Å². The first-order valence-corrected chi connectivity index (χ1v) is 8.18. The van der Waals surface area contributed by atoms with Gasteiger partial charge in [0, 0.05) is 0 Å². The number of carbonyl (C=O) groups excluding carboxylic acids is 2. The quantitative estimate of drug-likeness (QED) is 0.410. The molecule has 136 valence electrons. The van der Waals surface area contributed by atoms with E-state index in [9.17, 15) is 9.59 Å². The van der Waals surface area contributed by atoms with Gasteiger partial charge in [0.05, 0.1) is 0 Å². The second-order valence-corrected chi connectivity index (χ2v) is 6.16. The van der Waals surface area contributed by atoms with Crippen molar-refractivity contribution in [2.45, 2.75) is 32.7 Å². The number of hydrogen-bond donors (Lipinski definition) is 0. The van der Waals surface area contributed by atoms with Crippen molar-refractivity contribution in [3.8, 4) is 0 Å². The van der Waals surface area contributed by atoms with E-state index < -0.39 is 17.5 Å². The summed E-state index contributed by atoms with van der Waals surface area (Å²) in [6.07, 6.45) is 0.